The average molecular weight is 349 g/mol. The molecule has 1 aromatic rings. The van der Waals surface area contributed by atoms with Gasteiger partial charge in [-0.3, -0.25) is 9.91 Å². The lowest BCUT2D eigenvalue weighted by atomic mass is 9.97. The van der Waals surface area contributed by atoms with Crippen LogP contribution < -0.4 is 0 Å². The Bertz CT molecular complexity index is 693. The monoisotopic (exact) mass is 349 g/mol. The first kappa shape index (κ1) is 16.7. The van der Waals surface area contributed by atoms with E-state index in [0.717, 1.165) is 57.6 Å². The zero-order chi connectivity index (χ0) is 17.4. The van der Waals surface area contributed by atoms with E-state index in [0.29, 0.717) is 0 Å². The second-order valence-electron chi connectivity index (χ2n) is 7.00. The first-order chi connectivity index (χ1) is 12.1. The van der Waals surface area contributed by atoms with Crippen molar-refractivity contribution in [3.05, 3.63) is 59.2 Å². The predicted molar refractivity (Wildman–Crippen MR) is 89.6 cm³/mol. The van der Waals surface area contributed by atoms with Crippen LogP contribution in [-0.2, 0) is 6.42 Å². The summed E-state index contributed by atoms with van der Waals surface area (Å²) in [7, 11) is 0. The molecule has 3 unspecified atom stereocenters. The van der Waals surface area contributed by atoms with Gasteiger partial charge in [-0.25, -0.2) is 13.2 Å². The van der Waals surface area contributed by atoms with E-state index in [1.165, 1.54) is 5.70 Å². The summed E-state index contributed by atoms with van der Waals surface area (Å²) in [6.45, 7) is 2.70. The van der Waals surface area contributed by atoms with Crippen LogP contribution in [-0.4, -0.2) is 40.7 Å². The van der Waals surface area contributed by atoms with Gasteiger partial charge >= 0.3 is 0 Å². The fourth-order valence-electron chi connectivity index (χ4n) is 4.01. The van der Waals surface area contributed by atoms with Gasteiger partial charge in [0.15, 0.2) is 0 Å². The topological polar surface area (TPSA) is 9.72 Å². The maximum absolute atomic E-state index is 14.2. The summed E-state index contributed by atoms with van der Waals surface area (Å²) in [5, 5.41) is 4.34. The van der Waals surface area contributed by atoms with Crippen molar-refractivity contribution in [2.45, 2.75) is 38.1 Å². The molecule has 3 aliphatic heterocycles. The number of hydrogen-bond donors (Lipinski definition) is 0. The number of benzene rings is 1. The van der Waals surface area contributed by atoms with Crippen molar-refractivity contribution in [1.82, 2.24) is 14.9 Å². The Morgan fingerprint density at radius 3 is 2.68 bits per heavy atom. The third-order valence-electron chi connectivity index (χ3n) is 5.27. The lowest BCUT2D eigenvalue weighted by Crippen LogP contribution is -2.58. The number of fused-ring (bicyclic) bond motifs is 4. The fourth-order valence-corrected chi connectivity index (χ4v) is 4.01. The number of rotatable bonds is 2. The second-order valence-corrected chi connectivity index (χ2v) is 7.00. The van der Waals surface area contributed by atoms with Gasteiger partial charge in [0.25, 0.3) is 0 Å². The molecule has 0 N–H and O–H groups in total. The Morgan fingerprint density at radius 1 is 1.08 bits per heavy atom. The largest absolute Gasteiger partial charge is 0.284 e. The molecule has 4 rings (SSSR count). The standard InChI is InChI=1S/C19H22F3N3/c20-14-9-18(21)17(19(22)10-14)11-15-5-1-3-7-23-12-16-6-2-4-8-24(16)25(15)13-23/h4,6,8-10,15H,1-3,5,7,11-13H2. The second kappa shape index (κ2) is 6.84. The molecule has 0 aliphatic carbocycles. The molecule has 2 bridgehead atoms. The van der Waals surface area contributed by atoms with E-state index in [1.54, 1.807) is 0 Å². The van der Waals surface area contributed by atoms with Crippen molar-refractivity contribution in [1.29, 1.82) is 0 Å². The Labute approximate surface area is 146 Å². The Morgan fingerprint density at radius 2 is 1.88 bits per heavy atom. The van der Waals surface area contributed by atoms with Gasteiger partial charge in [-0.05, 0) is 32.2 Å². The third kappa shape index (κ3) is 3.33. The van der Waals surface area contributed by atoms with Crippen LogP contribution in [0.3, 0.4) is 0 Å². The summed E-state index contributed by atoms with van der Waals surface area (Å²) in [6.07, 6.45) is 10.5. The van der Waals surface area contributed by atoms with Crippen LogP contribution in [0.15, 0.2) is 36.2 Å². The number of hydrazine groups is 1. The molecule has 3 nitrogen and oxygen atoms in total. The molecule has 0 aromatic heterocycles. The van der Waals surface area contributed by atoms with Crippen LogP contribution in [0.2, 0.25) is 0 Å². The van der Waals surface area contributed by atoms with E-state index in [1.807, 2.05) is 0 Å². The van der Waals surface area contributed by atoms with Crippen molar-refractivity contribution in [2.75, 3.05) is 19.8 Å². The van der Waals surface area contributed by atoms with E-state index < -0.39 is 17.5 Å². The van der Waals surface area contributed by atoms with Crippen LogP contribution in [0, 0.1) is 17.5 Å². The maximum Gasteiger partial charge on any atom is 0.132 e. The first-order valence-corrected chi connectivity index (χ1v) is 8.89. The summed E-state index contributed by atoms with van der Waals surface area (Å²) in [5.74, 6) is -2.46. The summed E-state index contributed by atoms with van der Waals surface area (Å²) in [5.41, 5.74) is 1.20. The molecule has 1 aromatic carbocycles. The van der Waals surface area contributed by atoms with E-state index >= 15 is 0 Å². The highest BCUT2D eigenvalue weighted by molar-refractivity contribution is 5.23. The summed E-state index contributed by atoms with van der Waals surface area (Å²) in [6, 6.07) is 1.52. The normalized spacial score (nSPS) is 28.8. The van der Waals surface area contributed by atoms with Gasteiger partial charge in [-0.1, -0.05) is 18.6 Å². The predicted octanol–water partition coefficient (Wildman–Crippen LogP) is 3.79. The molecule has 3 aliphatic rings. The molecule has 0 spiro atoms. The Balaban J connectivity index is 1.64. The minimum atomic E-state index is -0.871. The molecule has 3 heterocycles. The minimum Gasteiger partial charge on any atom is -0.284 e. The zero-order valence-electron chi connectivity index (χ0n) is 14.1. The molecule has 6 heteroatoms. The molecule has 2 saturated heterocycles. The molecular weight excluding hydrogens is 327 g/mol. The summed E-state index contributed by atoms with van der Waals surface area (Å²) in [4.78, 5) is 2.38. The smallest absolute Gasteiger partial charge is 0.132 e. The number of halogens is 3. The van der Waals surface area contributed by atoms with Gasteiger partial charge in [0.05, 0.1) is 6.67 Å². The minimum absolute atomic E-state index is 0.0179. The maximum atomic E-state index is 14.2. The molecule has 25 heavy (non-hydrogen) atoms. The van der Waals surface area contributed by atoms with Crippen molar-refractivity contribution in [3.8, 4) is 0 Å². The van der Waals surface area contributed by atoms with Gasteiger partial charge in [-0.15, -0.1) is 0 Å². The van der Waals surface area contributed by atoms with Crippen molar-refractivity contribution in [3.63, 3.8) is 0 Å². The van der Waals surface area contributed by atoms with Crippen molar-refractivity contribution in [2.24, 2.45) is 0 Å². The molecule has 0 radical (unpaired) electrons. The summed E-state index contributed by atoms with van der Waals surface area (Å²) < 4.78 is 41.5. The van der Waals surface area contributed by atoms with Gasteiger partial charge in [0.2, 0.25) is 0 Å². The zero-order valence-corrected chi connectivity index (χ0v) is 14.1. The molecule has 0 saturated carbocycles. The van der Waals surface area contributed by atoms with Crippen LogP contribution in [0.25, 0.3) is 0 Å². The van der Waals surface area contributed by atoms with Crippen LogP contribution in [0.4, 0.5) is 13.2 Å². The SMILES string of the molecule is Fc1cc(F)c(CC2CCCCN3CC4=CCC=CN4N2C3)c(F)c1. The lowest BCUT2D eigenvalue weighted by molar-refractivity contribution is -0.0845. The quantitative estimate of drug-likeness (QED) is 0.804. The molecule has 134 valence electrons. The number of allylic oxidation sites excluding steroid dienone is 2. The lowest BCUT2D eigenvalue weighted by Gasteiger charge is -2.50. The van der Waals surface area contributed by atoms with Crippen LogP contribution in [0.5, 0.6) is 0 Å². The van der Waals surface area contributed by atoms with Crippen molar-refractivity contribution >= 4 is 0 Å². The van der Waals surface area contributed by atoms with E-state index in [-0.39, 0.29) is 18.0 Å². The molecule has 3 atom stereocenters. The van der Waals surface area contributed by atoms with Crippen molar-refractivity contribution < 1.29 is 13.2 Å². The average Bonchev–Trinajstić information content (AvgIpc) is 2.57. The molecular formula is C19H22F3N3. The Hall–Kier alpha value is -1.79. The number of nitrogens with zero attached hydrogens (tertiary/aromatic N) is 3. The first-order valence-electron chi connectivity index (χ1n) is 8.89. The highest BCUT2D eigenvalue weighted by atomic mass is 19.1. The van der Waals surface area contributed by atoms with E-state index in [2.05, 4.69) is 33.3 Å². The fraction of sp³-hybridized carbons (Fsp3) is 0.474. The van der Waals surface area contributed by atoms with E-state index in [4.69, 9.17) is 0 Å². The number of hydrogen-bond acceptors (Lipinski definition) is 3. The summed E-state index contributed by atoms with van der Waals surface area (Å²) >= 11 is 0. The van der Waals surface area contributed by atoms with Gasteiger partial charge in [0, 0.05) is 42.2 Å². The highest BCUT2D eigenvalue weighted by Crippen LogP contribution is 2.30. The van der Waals surface area contributed by atoms with Gasteiger partial charge in [0.1, 0.15) is 17.5 Å². The Kier molecular flexibility index (Phi) is 4.56. The highest BCUT2D eigenvalue weighted by Gasteiger charge is 2.34. The molecule has 0 amide bonds. The van der Waals surface area contributed by atoms with Gasteiger partial charge in [-0.2, -0.15) is 5.01 Å². The van der Waals surface area contributed by atoms with Crippen LogP contribution in [0.1, 0.15) is 31.2 Å². The van der Waals surface area contributed by atoms with Crippen LogP contribution >= 0.6 is 0 Å². The third-order valence-corrected chi connectivity index (χ3v) is 5.27. The molecule has 2 fully saturated rings. The van der Waals surface area contributed by atoms with Gasteiger partial charge < -0.3 is 0 Å². The van der Waals surface area contributed by atoms with E-state index in [9.17, 15) is 13.2 Å².